The van der Waals surface area contributed by atoms with Crippen LogP contribution in [0.3, 0.4) is 0 Å². The fourth-order valence-corrected chi connectivity index (χ4v) is 0.655. The molecule has 1 heterocycles. The minimum atomic E-state index is -0.126. The van der Waals surface area contributed by atoms with E-state index in [9.17, 15) is 4.79 Å². The number of rotatable bonds is 4. The van der Waals surface area contributed by atoms with Crippen LogP contribution in [0.4, 0.5) is 0 Å². The summed E-state index contributed by atoms with van der Waals surface area (Å²) in [6.45, 7) is 0.0302. The zero-order chi connectivity index (χ0) is 8.81. The first-order valence-corrected chi connectivity index (χ1v) is 3.57. The summed E-state index contributed by atoms with van der Waals surface area (Å²) in [5.41, 5.74) is 5.09. The van der Waals surface area contributed by atoms with E-state index in [0.29, 0.717) is 5.75 Å². The van der Waals surface area contributed by atoms with Gasteiger partial charge in [-0.3, -0.25) is 9.78 Å². The molecule has 1 aromatic heterocycles. The normalized spacial score (nSPS) is 9.42. The molecule has 0 aliphatic carbocycles. The fourth-order valence-electron chi connectivity index (χ4n) is 0.655. The van der Waals surface area contributed by atoms with Crippen LogP contribution in [0.2, 0.25) is 0 Å². The summed E-state index contributed by atoms with van der Waals surface area (Å²) in [5.74, 6) is 0.457. The molecular weight excluding hydrogens is 156 g/mol. The molecule has 0 unspecified atom stereocenters. The van der Waals surface area contributed by atoms with Gasteiger partial charge >= 0.3 is 0 Å². The van der Waals surface area contributed by atoms with E-state index in [1.54, 1.807) is 24.5 Å². The van der Waals surface area contributed by atoms with Crippen LogP contribution in [0.5, 0.6) is 5.75 Å². The van der Waals surface area contributed by atoms with Crippen molar-refractivity contribution >= 4 is 5.78 Å². The minimum absolute atomic E-state index is 0.0141. The number of hydrogen-bond acceptors (Lipinski definition) is 4. The summed E-state index contributed by atoms with van der Waals surface area (Å²) in [5, 5.41) is 0. The third kappa shape index (κ3) is 2.67. The Morgan fingerprint density at radius 2 is 2.50 bits per heavy atom. The number of pyridine rings is 1. The molecule has 0 spiro atoms. The van der Waals surface area contributed by atoms with Gasteiger partial charge in [-0.1, -0.05) is 0 Å². The highest BCUT2D eigenvalue weighted by Gasteiger charge is 1.98. The lowest BCUT2D eigenvalue weighted by Crippen LogP contribution is -2.20. The number of ketones is 1. The second kappa shape index (κ2) is 4.46. The van der Waals surface area contributed by atoms with E-state index in [1.165, 1.54) is 0 Å². The van der Waals surface area contributed by atoms with E-state index in [4.69, 9.17) is 10.5 Å². The Morgan fingerprint density at radius 1 is 1.67 bits per heavy atom. The highest BCUT2D eigenvalue weighted by Crippen LogP contribution is 2.05. The average Bonchev–Trinajstić information content (AvgIpc) is 2.16. The maximum absolute atomic E-state index is 10.7. The first kappa shape index (κ1) is 8.67. The zero-order valence-electron chi connectivity index (χ0n) is 6.56. The van der Waals surface area contributed by atoms with Gasteiger partial charge < -0.3 is 10.5 Å². The van der Waals surface area contributed by atoms with E-state index < -0.39 is 0 Å². The van der Waals surface area contributed by atoms with Crippen molar-refractivity contribution in [2.75, 3.05) is 13.2 Å². The molecule has 0 saturated carbocycles. The molecule has 1 aromatic rings. The van der Waals surface area contributed by atoms with Crippen LogP contribution < -0.4 is 10.5 Å². The Balaban J connectivity index is 2.38. The van der Waals surface area contributed by atoms with Crippen LogP contribution in [0.25, 0.3) is 0 Å². The Labute approximate surface area is 70.4 Å². The van der Waals surface area contributed by atoms with Crippen LogP contribution in [-0.2, 0) is 4.79 Å². The maximum atomic E-state index is 10.7. The molecule has 1 rings (SSSR count). The molecule has 0 aromatic carbocycles. The smallest absolute Gasteiger partial charge is 0.183 e. The highest BCUT2D eigenvalue weighted by molar-refractivity contribution is 5.81. The third-order valence-electron chi connectivity index (χ3n) is 1.26. The molecule has 2 N–H and O–H groups in total. The highest BCUT2D eigenvalue weighted by atomic mass is 16.5. The number of aromatic nitrogens is 1. The quantitative estimate of drug-likeness (QED) is 0.683. The molecule has 0 fully saturated rings. The number of hydrogen-bond donors (Lipinski definition) is 1. The minimum Gasteiger partial charge on any atom is -0.484 e. The lowest BCUT2D eigenvalue weighted by molar-refractivity contribution is -0.119. The van der Waals surface area contributed by atoms with Crippen molar-refractivity contribution in [2.45, 2.75) is 0 Å². The number of nitrogens with zero attached hydrogens (tertiary/aromatic N) is 1. The summed E-state index contributed by atoms with van der Waals surface area (Å²) in [7, 11) is 0. The lowest BCUT2D eigenvalue weighted by atomic mass is 10.4. The third-order valence-corrected chi connectivity index (χ3v) is 1.26. The summed E-state index contributed by atoms with van der Waals surface area (Å²) in [4.78, 5) is 14.5. The standard InChI is InChI=1S/C8H10N2O2/c9-4-7(11)6-12-8-2-1-3-10-5-8/h1-3,5H,4,6,9H2. The van der Waals surface area contributed by atoms with Crippen LogP contribution >= 0.6 is 0 Å². The van der Waals surface area contributed by atoms with Gasteiger partial charge in [-0.25, -0.2) is 0 Å². The van der Waals surface area contributed by atoms with Crippen molar-refractivity contribution in [3.8, 4) is 5.75 Å². The number of carbonyl (C=O) groups excluding carboxylic acids is 1. The molecular formula is C8H10N2O2. The van der Waals surface area contributed by atoms with Gasteiger partial charge in [0, 0.05) is 6.20 Å². The second-order valence-electron chi connectivity index (χ2n) is 2.22. The van der Waals surface area contributed by atoms with Gasteiger partial charge in [-0.05, 0) is 12.1 Å². The summed E-state index contributed by atoms with van der Waals surface area (Å²) in [6.07, 6.45) is 3.18. The van der Waals surface area contributed by atoms with E-state index in [2.05, 4.69) is 4.98 Å². The molecule has 12 heavy (non-hydrogen) atoms. The van der Waals surface area contributed by atoms with Crippen LogP contribution in [-0.4, -0.2) is 23.9 Å². The predicted molar refractivity (Wildman–Crippen MR) is 43.8 cm³/mol. The van der Waals surface area contributed by atoms with E-state index in [1.807, 2.05) is 0 Å². The Kier molecular flexibility index (Phi) is 3.22. The number of carbonyl (C=O) groups is 1. The number of nitrogens with two attached hydrogens (primary N) is 1. The summed E-state index contributed by atoms with van der Waals surface area (Å²) >= 11 is 0. The van der Waals surface area contributed by atoms with E-state index in [0.717, 1.165) is 0 Å². The molecule has 0 aliphatic heterocycles. The first-order chi connectivity index (χ1) is 5.83. The van der Waals surface area contributed by atoms with Gasteiger partial charge in [0.15, 0.2) is 5.78 Å². The summed E-state index contributed by atoms with van der Waals surface area (Å²) < 4.78 is 5.07. The average molecular weight is 166 g/mol. The van der Waals surface area contributed by atoms with E-state index in [-0.39, 0.29) is 18.9 Å². The SMILES string of the molecule is NCC(=O)COc1cccnc1. The molecule has 0 atom stereocenters. The first-order valence-electron chi connectivity index (χ1n) is 3.57. The monoisotopic (exact) mass is 166 g/mol. The molecule has 64 valence electrons. The lowest BCUT2D eigenvalue weighted by Gasteiger charge is -2.02. The Hall–Kier alpha value is -1.42. The largest absolute Gasteiger partial charge is 0.484 e. The van der Waals surface area contributed by atoms with Gasteiger partial charge in [-0.2, -0.15) is 0 Å². The van der Waals surface area contributed by atoms with Gasteiger partial charge in [0.05, 0.1) is 12.7 Å². The fraction of sp³-hybridized carbons (Fsp3) is 0.250. The maximum Gasteiger partial charge on any atom is 0.183 e. The van der Waals surface area contributed by atoms with Gasteiger partial charge in [0.1, 0.15) is 12.4 Å². The molecule has 0 saturated heterocycles. The zero-order valence-corrected chi connectivity index (χ0v) is 6.56. The van der Waals surface area contributed by atoms with E-state index >= 15 is 0 Å². The van der Waals surface area contributed by atoms with Gasteiger partial charge in [0.2, 0.25) is 0 Å². The second-order valence-corrected chi connectivity index (χ2v) is 2.22. The molecule has 4 heteroatoms. The molecule has 0 aliphatic rings. The molecule has 0 amide bonds. The summed E-state index contributed by atoms with van der Waals surface area (Å²) in [6, 6.07) is 3.47. The Bertz CT molecular complexity index is 248. The van der Waals surface area contributed by atoms with Crippen LogP contribution in [0, 0.1) is 0 Å². The van der Waals surface area contributed by atoms with Crippen molar-refractivity contribution in [1.29, 1.82) is 0 Å². The topological polar surface area (TPSA) is 65.2 Å². The Morgan fingerprint density at radius 3 is 3.08 bits per heavy atom. The van der Waals surface area contributed by atoms with Crippen molar-refractivity contribution < 1.29 is 9.53 Å². The van der Waals surface area contributed by atoms with Crippen molar-refractivity contribution in [3.63, 3.8) is 0 Å². The van der Waals surface area contributed by atoms with Crippen LogP contribution in [0.15, 0.2) is 24.5 Å². The van der Waals surface area contributed by atoms with Crippen LogP contribution in [0.1, 0.15) is 0 Å². The van der Waals surface area contributed by atoms with Crippen molar-refractivity contribution in [2.24, 2.45) is 5.73 Å². The molecule has 0 bridgehead atoms. The number of ether oxygens (including phenoxy) is 1. The predicted octanol–water partition coefficient (Wildman–Crippen LogP) is -0.0118. The number of Topliss-reactive ketones (excluding diaryl/α,β-unsaturated/α-hetero) is 1. The van der Waals surface area contributed by atoms with Crippen molar-refractivity contribution in [3.05, 3.63) is 24.5 Å². The molecule has 0 radical (unpaired) electrons. The van der Waals surface area contributed by atoms with Gasteiger partial charge in [0.25, 0.3) is 0 Å². The molecule has 4 nitrogen and oxygen atoms in total. The van der Waals surface area contributed by atoms with Gasteiger partial charge in [-0.15, -0.1) is 0 Å². The van der Waals surface area contributed by atoms with Crippen molar-refractivity contribution in [1.82, 2.24) is 4.98 Å².